The minimum atomic E-state index is -3.92. The first kappa shape index (κ1) is 27.9. The molecule has 0 aromatic heterocycles. The molecule has 0 aliphatic heterocycles. The Hall–Kier alpha value is -2.65. The van der Waals surface area contributed by atoms with Crippen molar-refractivity contribution in [3.63, 3.8) is 0 Å². The number of sulfonamides is 1. The van der Waals surface area contributed by atoms with Gasteiger partial charge in [-0.3, -0.25) is 13.9 Å². The molecule has 2 aromatic rings. The van der Waals surface area contributed by atoms with E-state index in [9.17, 15) is 22.4 Å². The molecule has 196 valence electrons. The second-order valence-corrected chi connectivity index (χ2v) is 11.5. The number of hydrogen-bond donors (Lipinski definition) is 1. The van der Waals surface area contributed by atoms with Crippen molar-refractivity contribution in [1.29, 1.82) is 0 Å². The molecule has 2 aromatic carbocycles. The first-order valence-electron chi connectivity index (χ1n) is 12.2. The van der Waals surface area contributed by atoms with Gasteiger partial charge in [0, 0.05) is 17.6 Å². The first-order chi connectivity index (χ1) is 17.1. The van der Waals surface area contributed by atoms with Crippen LogP contribution in [-0.4, -0.2) is 50.0 Å². The van der Waals surface area contributed by atoms with Crippen LogP contribution >= 0.6 is 11.6 Å². The summed E-state index contributed by atoms with van der Waals surface area (Å²) in [5.74, 6) is -1.45. The average molecular weight is 538 g/mol. The van der Waals surface area contributed by atoms with Gasteiger partial charge in [0.05, 0.1) is 11.9 Å². The third-order valence-corrected chi connectivity index (χ3v) is 7.77. The van der Waals surface area contributed by atoms with Crippen molar-refractivity contribution in [2.75, 3.05) is 17.1 Å². The predicted molar refractivity (Wildman–Crippen MR) is 140 cm³/mol. The minimum Gasteiger partial charge on any atom is -0.352 e. The van der Waals surface area contributed by atoms with E-state index in [1.807, 2.05) is 6.92 Å². The molecule has 0 saturated heterocycles. The zero-order valence-electron chi connectivity index (χ0n) is 20.6. The molecular formula is C26H33ClFN3O4S. The maximum atomic E-state index is 13.9. The molecule has 36 heavy (non-hydrogen) atoms. The van der Waals surface area contributed by atoms with Gasteiger partial charge in [-0.25, -0.2) is 12.8 Å². The van der Waals surface area contributed by atoms with Crippen LogP contribution in [0.4, 0.5) is 10.1 Å². The summed E-state index contributed by atoms with van der Waals surface area (Å²) in [7, 11) is -3.92. The van der Waals surface area contributed by atoms with Crippen LogP contribution in [0, 0.1) is 5.82 Å². The van der Waals surface area contributed by atoms with E-state index in [2.05, 4.69) is 5.32 Å². The molecule has 0 radical (unpaired) electrons. The number of nitrogens with zero attached hydrogens (tertiary/aromatic N) is 2. The SMILES string of the molecule is CC[C@@H](C(=O)NC1CCCCC1)N(Cc1ccc(Cl)cc1)C(=O)CN(c1cccc(F)c1)S(C)(=O)=O. The molecule has 7 nitrogen and oxygen atoms in total. The van der Waals surface area contributed by atoms with Crippen molar-refractivity contribution in [3.8, 4) is 0 Å². The van der Waals surface area contributed by atoms with Crippen LogP contribution in [0.5, 0.6) is 0 Å². The van der Waals surface area contributed by atoms with Crippen LogP contribution in [0.3, 0.4) is 0 Å². The van der Waals surface area contributed by atoms with Gasteiger partial charge < -0.3 is 10.2 Å². The molecule has 3 rings (SSSR count). The van der Waals surface area contributed by atoms with E-state index in [-0.39, 0.29) is 24.2 Å². The van der Waals surface area contributed by atoms with Crippen molar-refractivity contribution in [1.82, 2.24) is 10.2 Å². The molecule has 1 fully saturated rings. The van der Waals surface area contributed by atoms with Gasteiger partial charge in [-0.05, 0) is 55.2 Å². The summed E-state index contributed by atoms with van der Waals surface area (Å²) in [4.78, 5) is 28.4. The number of anilines is 1. The predicted octanol–water partition coefficient (Wildman–Crippen LogP) is 4.50. The Morgan fingerprint density at radius 3 is 2.36 bits per heavy atom. The largest absolute Gasteiger partial charge is 0.352 e. The van der Waals surface area contributed by atoms with E-state index in [1.54, 1.807) is 24.3 Å². The minimum absolute atomic E-state index is 0.0389. The Bertz CT molecular complexity index is 1150. The molecule has 1 N–H and O–H groups in total. The van der Waals surface area contributed by atoms with Crippen LogP contribution in [0.1, 0.15) is 51.0 Å². The summed E-state index contributed by atoms with van der Waals surface area (Å²) in [6, 6.07) is 11.2. The first-order valence-corrected chi connectivity index (χ1v) is 14.4. The van der Waals surface area contributed by atoms with Gasteiger partial charge in [0.2, 0.25) is 21.8 Å². The highest BCUT2D eigenvalue weighted by atomic mass is 35.5. The lowest BCUT2D eigenvalue weighted by molar-refractivity contribution is -0.140. The van der Waals surface area contributed by atoms with Gasteiger partial charge in [0.1, 0.15) is 18.4 Å². The number of carbonyl (C=O) groups is 2. The Balaban J connectivity index is 1.90. The zero-order chi connectivity index (χ0) is 26.3. The second kappa shape index (κ2) is 12.5. The lowest BCUT2D eigenvalue weighted by Gasteiger charge is -2.34. The molecule has 10 heteroatoms. The number of benzene rings is 2. The third kappa shape index (κ3) is 7.67. The summed E-state index contributed by atoms with van der Waals surface area (Å²) in [5.41, 5.74) is 0.783. The maximum absolute atomic E-state index is 13.9. The fraction of sp³-hybridized carbons (Fsp3) is 0.462. The van der Waals surface area contributed by atoms with Crippen molar-refractivity contribution < 1.29 is 22.4 Å². The quantitative estimate of drug-likeness (QED) is 0.483. The molecular weight excluding hydrogens is 505 g/mol. The number of rotatable bonds is 10. The van der Waals surface area contributed by atoms with Crippen LogP contribution in [0.2, 0.25) is 5.02 Å². The topological polar surface area (TPSA) is 86.8 Å². The number of amides is 2. The zero-order valence-corrected chi connectivity index (χ0v) is 22.2. The number of hydrogen-bond acceptors (Lipinski definition) is 4. The number of carbonyl (C=O) groups excluding carboxylic acids is 2. The Morgan fingerprint density at radius 2 is 1.78 bits per heavy atom. The third-order valence-electron chi connectivity index (χ3n) is 6.38. The van der Waals surface area contributed by atoms with Gasteiger partial charge in [-0.1, -0.05) is 56.0 Å². The van der Waals surface area contributed by atoms with E-state index in [0.29, 0.717) is 11.4 Å². The standard InChI is InChI=1S/C26H33ClFN3O4S/c1-3-24(26(33)29-22-9-5-4-6-10-22)30(17-19-12-14-20(27)15-13-19)25(32)18-31(36(2,34)35)23-11-7-8-21(28)16-23/h7-8,11-16,22,24H,3-6,9-10,17-18H2,1-2H3,(H,29,33)/t24-/m0/s1. The summed E-state index contributed by atoms with van der Waals surface area (Å²) in [5, 5.41) is 3.62. The van der Waals surface area contributed by atoms with E-state index in [4.69, 9.17) is 11.6 Å². The smallest absolute Gasteiger partial charge is 0.244 e. The summed E-state index contributed by atoms with van der Waals surface area (Å²) >= 11 is 6.01. The van der Waals surface area contributed by atoms with Crippen LogP contribution < -0.4 is 9.62 Å². The summed E-state index contributed by atoms with van der Waals surface area (Å²) in [6.07, 6.45) is 6.34. The fourth-order valence-electron chi connectivity index (χ4n) is 4.50. The van der Waals surface area contributed by atoms with E-state index < -0.39 is 34.3 Å². The summed E-state index contributed by atoms with van der Waals surface area (Å²) < 4.78 is 39.9. The lowest BCUT2D eigenvalue weighted by atomic mass is 9.95. The molecule has 1 aliphatic carbocycles. The monoisotopic (exact) mass is 537 g/mol. The Labute approximate surface area is 217 Å². The van der Waals surface area contributed by atoms with Gasteiger partial charge in [0.25, 0.3) is 0 Å². The molecule has 0 spiro atoms. The molecule has 0 bridgehead atoms. The van der Waals surface area contributed by atoms with E-state index in [0.717, 1.165) is 54.3 Å². The highest BCUT2D eigenvalue weighted by Crippen LogP contribution is 2.22. The average Bonchev–Trinajstić information content (AvgIpc) is 2.83. The molecule has 0 heterocycles. The lowest BCUT2D eigenvalue weighted by Crippen LogP contribution is -2.53. The van der Waals surface area contributed by atoms with Crippen molar-refractivity contribution in [2.24, 2.45) is 0 Å². The molecule has 1 atom stereocenters. The van der Waals surface area contributed by atoms with Gasteiger partial charge >= 0.3 is 0 Å². The Morgan fingerprint density at radius 1 is 1.11 bits per heavy atom. The fourth-order valence-corrected chi connectivity index (χ4v) is 5.46. The van der Waals surface area contributed by atoms with Crippen LogP contribution in [0.15, 0.2) is 48.5 Å². The highest BCUT2D eigenvalue weighted by molar-refractivity contribution is 7.92. The molecule has 0 unspecified atom stereocenters. The van der Waals surface area contributed by atoms with Gasteiger partial charge in [0.15, 0.2) is 0 Å². The van der Waals surface area contributed by atoms with Crippen molar-refractivity contribution in [2.45, 2.75) is 64.1 Å². The van der Waals surface area contributed by atoms with E-state index >= 15 is 0 Å². The number of nitrogens with one attached hydrogen (secondary N) is 1. The molecule has 2 amide bonds. The Kier molecular flexibility index (Phi) is 9.73. The maximum Gasteiger partial charge on any atom is 0.244 e. The highest BCUT2D eigenvalue weighted by Gasteiger charge is 2.32. The van der Waals surface area contributed by atoms with E-state index in [1.165, 1.54) is 23.1 Å². The molecule has 1 saturated carbocycles. The van der Waals surface area contributed by atoms with Gasteiger partial charge in [-0.15, -0.1) is 0 Å². The normalized spacial score (nSPS) is 15.2. The summed E-state index contributed by atoms with van der Waals surface area (Å²) in [6.45, 7) is 1.34. The van der Waals surface area contributed by atoms with Crippen LogP contribution in [-0.2, 0) is 26.2 Å². The van der Waals surface area contributed by atoms with Gasteiger partial charge in [-0.2, -0.15) is 0 Å². The second-order valence-electron chi connectivity index (χ2n) is 9.17. The molecule has 1 aliphatic rings. The number of halogens is 2. The van der Waals surface area contributed by atoms with Crippen molar-refractivity contribution in [3.05, 3.63) is 64.9 Å². The van der Waals surface area contributed by atoms with Crippen LogP contribution in [0.25, 0.3) is 0 Å². The van der Waals surface area contributed by atoms with Crippen molar-refractivity contribution >= 4 is 39.1 Å².